The van der Waals surface area contributed by atoms with E-state index in [-0.39, 0.29) is 6.04 Å². The first-order valence-electron chi connectivity index (χ1n) is 6.65. The van der Waals surface area contributed by atoms with Gasteiger partial charge in [-0.3, -0.25) is 4.98 Å². The molecule has 0 spiro atoms. The van der Waals surface area contributed by atoms with E-state index in [1.165, 1.54) is 5.56 Å². The molecule has 1 aromatic heterocycles. The maximum Gasteiger partial charge on any atom is 0.119 e. The fourth-order valence-electron chi connectivity index (χ4n) is 2.08. The molecule has 0 aliphatic rings. The number of hydrogen-bond acceptors (Lipinski definition) is 3. The van der Waals surface area contributed by atoms with Gasteiger partial charge in [0.15, 0.2) is 0 Å². The molecule has 0 bridgehead atoms. The molecule has 0 saturated heterocycles. The summed E-state index contributed by atoms with van der Waals surface area (Å²) in [6.07, 6.45) is 4.69. The molecule has 1 aromatic carbocycles. The molecular formula is C16H20N2O. The highest BCUT2D eigenvalue weighted by molar-refractivity contribution is 5.35. The van der Waals surface area contributed by atoms with Gasteiger partial charge in [-0.2, -0.15) is 0 Å². The summed E-state index contributed by atoms with van der Waals surface area (Å²) in [7, 11) is 1.96. The summed E-state index contributed by atoms with van der Waals surface area (Å²) in [6, 6.07) is 12.4. The minimum atomic E-state index is 0.138. The Balaban J connectivity index is 2.23. The van der Waals surface area contributed by atoms with Crippen molar-refractivity contribution in [2.45, 2.75) is 19.4 Å². The zero-order valence-corrected chi connectivity index (χ0v) is 11.5. The van der Waals surface area contributed by atoms with Crippen molar-refractivity contribution < 1.29 is 4.74 Å². The maximum absolute atomic E-state index is 5.68. The molecule has 2 aromatic rings. The van der Waals surface area contributed by atoms with Gasteiger partial charge in [0.25, 0.3) is 0 Å². The second-order valence-electron chi connectivity index (χ2n) is 4.43. The Morgan fingerprint density at radius 1 is 1.21 bits per heavy atom. The molecule has 19 heavy (non-hydrogen) atoms. The number of ether oxygens (including phenoxy) is 1. The molecule has 3 heteroatoms. The van der Waals surface area contributed by atoms with E-state index < -0.39 is 0 Å². The van der Waals surface area contributed by atoms with Crippen LogP contribution in [0.1, 0.15) is 30.5 Å². The molecule has 1 unspecified atom stereocenters. The Morgan fingerprint density at radius 3 is 2.74 bits per heavy atom. The molecule has 0 amide bonds. The van der Waals surface area contributed by atoms with Gasteiger partial charge in [-0.15, -0.1) is 0 Å². The third kappa shape index (κ3) is 3.55. The Hall–Kier alpha value is -1.87. The van der Waals surface area contributed by atoms with Crippen LogP contribution in [0, 0.1) is 0 Å². The van der Waals surface area contributed by atoms with Gasteiger partial charge >= 0.3 is 0 Å². The summed E-state index contributed by atoms with van der Waals surface area (Å²) in [4.78, 5) is 4.18. The summed E-state index contributed by atoms with van der Waals surface area (Å²) >= 11 is 0. The van der Waals surface area contributed by atoms with Gasteiger partial charge < -0.3 is 10.1 Å². The molecule has 0 saturated carbocycles. The van der Waals surface area contributed by atoms with Crippen molar-refractivity contribution in [1.82, 2.24) is 10.3 Å². The van der Waals surface area contributed by atoms with Crippen molar-refractivity contribution in [2.75, 3.05) is 13.7 Å². The Morgan fingerprint density at radius 2 is 2.05 bits per heavy atom. The molecule has 2 rings (SSSR count). The summed E-state index contributed by atoms with van der Waals surface area (Å²) < 4.78 is 5.68. The van der Waals surface area contributed by atoms with Crippen LogP contribution in [0.15, 0.2) is 48.8 Å². The molecule has 0 radical (unpaired) electrons. The summed E-state index contributed by atoms with van der Waals surface area (Å²) in [5.41, 5.74) is 2.33. The van der Waals surface area contributed by atoms with Gasteiger partial charge in [0, 0.05) is 12.4 Å². The van der Waals surface area contributed by atoms with Gasteiger partial charge in [-0.1, -0.05) is 25.1 Å². The molecule has 0 aliphatic carbocycles. The van der Waals surface area contributed by atoms with Crippen molar-refractivity contribution in [1.29, 1.82) is 0 Å². The van der Waals surface area contributed by atoms with E-state index in [1.807, 2.05) is 31.4 Å². The Kier molecular flexibility index (Phi) is 4.93. The van der Waals surface area contributed by atoms with Crippen LogP contribution in [0.25, 0.3) is 0 Å². The van der Waals surface area contributed by atoms with E-state index in [2.05, 4.69) is 35.4 Å². The maximum atomic E-state index is 5.68. The van der Waals surface area contributed by atoms with E-state index in [0.29, 0.717) is 0 Å². The van der Waals surface area contributed by atoms with E-state index in [1.54, 1.807) is 6.20 Å². The number of hydrogen-bond donors (Lipinski definition) is 1. The number of benzene rings is 1. The first kappa shape index (κ1) is 13.6. The smallest absolute Gasteiger partial charge is 0.119 e. The van der Waals surface area contributed by atoms with Crippen LogP contribution in [0.3, 0.4) is 0 Å². The average molecular weight is 256 g/mol. The Labute approximate surface area is 114 Å². The van der Waals surface area contributed by atoms with E-state index in [9.17, 15) is 0 Å². The van der Waals surface area contributed by atoms with Crippen molar-refractivity contribution in [3.8, 4) is 5.75 Å². The van der Waals surface area contributed by atoms with Gasteiger partial charge in [0.1, 0.15) is 5.75 Å². The predicted molar refractivity (Wildman–Crippen MR) is 77.4 cm³/mol. The molecule has 3 nitrogen and oxygen atoms in total. The molecule has 0 aliphatic heterocycles. The molecule has 1 heterocycles. The summed E-state index contributed by atoms with van der Waals surface area (Å²) in [5, 5.41) is 3.32. The zero-order chi connectivity index (χ0) is 13.5. The third-order valence-electron chi connectivity index (χ3n) is 2.97. The van der Waals surface area contributed by atoms with Crippen LogP contribution in [-0.2, 0) is 0 Å². The van der Waals surface area contributed by atoms with Gasteiger partial charge in [-0.05, 0) is 42.8 Å². The first-order chi connectivity index (χ1) is 9.35. The van der Waals surface area contributed by atoms with Crippen LogP contribution in [0.5, 0.6) is 5.75 Å². The van der Waals surface area contributed by atoms with Gasteiger partial charge in [0.2, 0.25) is 0 Å². The third-order valence-corrected chi connectivity index (χ3v) is 2.97. The minimum absolute atomic E-state index is 0.138. The highest BCUT2D eigenvalue weighted by Gasteiger charge is 2.12. The van der Waals surface area contributed by atoms with Gasteiger partial charge in [-0.25, -0.2) is 0 Å². The number of aromatic nitrogens is 1. The van der Waals surface area contributed by atoms with Crippen molar-refractivity contribution in [2.24, 2.45) is 0 Å². The van der Waals surface area contributed by atoms with Crippen molar-refractivity contribution >= 4 is 0 Å². The standard InChI is InChI=1S/C16H20N2O/c1-3-10-19-15-8-4-6-13(11-15)16(17-2)14-7-5-9-18-12-14/h4-9,11-12,16-17H,3,10H2,1-2H3. The second kappa shape index (κ2) is 6.90. The predicted octanol–water partition coefficient (Wildman–Crippen LogP) is 3.18. The minimum Gasteiger partial charge on any atom is -0.494 e. The van der Waals surface area contributed by atoms with E-state index in [0.717, 1.165) is 24.3 Å². The normalized spacial score (nSPS) is 12.1. The summed E-state index contributed by atoms with van der Waals surface area (Å²) in [5.74, 6) is 0.920. The largest absolute Gasteiger partial charge is 0.494 e. The number of pyridine rings is 1. The number of rotatable bonds is 6. The SMILES string of the molecule is CCCOc1cccc(C(NC)c2cccnc2)c1. The lowest BCUT2D eigenvalue weighted by Gasteiger charge is -2.17. The van der Waals surface area contributed by atoms with Crippen molar-refractivity contribution in [3.05, 3.63) is 59.9 Å². The quantitative estimate of drug-likeness (QED) is 0.862. The molecule has 1 N–H and O–H groups in total. The molecular weight excluding hydrogens is 236 g/mol. The molecule has 1 atom stereocenters. The van der Waals surface area contributed by atoms with Gasteiger partial charge in [0.05, 0.1) is 12.6 Å². The van der Waals surface area contributed by atoms with E-state index >= 15 is 0 Å². The van der Waals surface area contributed by atoms with Crippen LogP contribution in [-0.4, -0.2) is 18.6 Å². The lowest BCUT2D eigenvalue weighted by Crippen LogP contribution is -2.17. The average Bonchev–Trinajstić information content (AvgIpc) is 2.47. The van der Waals surface area contributed by atoms with Crippen molar-refractivity contribution in [3.63, 3.8) is 0 Å². The highest BCUT2D eigenvalue weighted by Crippen LogP contribution is 2.24. The second-order valence-corrected chi connectivity index (χ2v) is 4.43. The van der Waals surface area contributed by atoms with E-state index in [4.69, 9.17) is 4.74 Å². The lowest BCUT2D eigenvalue weighted by atomic mass is 10.0. The Bertz CT molecular complexity index is 499. The summed E-state index contributed by atoms with van der Waals surface area (Å²) in [6.45, 7) is 2.86. The van der Waals surface area contributed by atoms with Crippen LogP contribution >= 0.6 is 0 Å². The zero-order valence-electron chi connectivity index (χ0n) is 11.5. The van der Waals surface area contributed by atoms with Crippen LogP contribution < -0.4 is 10.1 Å². The lowest BCUT2D eigenvalue weighted by molar-refractivity contribution is 0.317. The monoisotopic (exact) mass is 256 g/mol. The van der Waals surface area contributed by atoms with Crippen LogP contribution in [0.2, 0.25) is 0 Å². The fourth-order valence-corrected chi connectivity index (χ4v) is 2.08. The molecule has 0 fully saturated rings. The topological polar surface area (TPSA) is 34.1 Å². The number of nitrogens with zero attached hydrogens (tertiary/aromatic N) is 1. The van der Waals surface area contributed by atoms with Crippen LogP contribution in [0.4, 0.5) is 0 Å². The first-order valence-corrected chi connectivity index (χ1v) is 6.65. The number of nitrogens with one attached hydrogen (secondary N) is 1. The fraction of sp³-hybridized carbons (Fsp3) is 0.312. The highest BCUT2D eigenvalue weighted by atomic mass is 16.5. The molecule has 100 valence electrons.